The van der Waals surface area contributed by atoms with Gasteiger partial charge >= 0.3 is 0 Å². The highest BCUT2D eigenvalue weighted by Gasteiger charge is 2.31. The smallest absolute Gasteiger partial charge is 0.0760 e. The van der Waals surface area contributed by atoms with E-state index in [2.05, 4.69) is 76.0 Å². The summed E-state index contributed by atoms with van der Waals surface area (Å²) in [6, 6.07) is 18.0. The fraction of sp³-hybridized carbons (Fsp3) is 0.261. The number of fused-ring (bicyclic) bond motifs is 3. The van der Waals surface area contributed by atoms with Gasteiger partial charge in [0.1, 0.15) is 0 Å². The second-order valence-corrected chi connectivity index (χ2v) is 8.36. The van der Waals surface area contributed by atoms with Gasteiger partial charge in [-0.1, -0.05) is 30.3 Å². The lowest BCUT2D eigenvalue weighted by Crippen LogP contribution is -2.35. The van der Waals surface area contributed by atoms with Crippen molar-refractivity contribution in [3.05, 3.63) is 83.3 Å². The molecule has 0 saturated carbocycles. The molecule has 0 fully saturated rings. The van der Waals surface area contributed by atoms with Crippen LogP contribution in [0.2, 0.25) is 0 Å². The van der Waals surface area contributed by atoms with Gasteiger partial charge in [-0.2, -0.15) is 5.10 Å². The molecule has 4 aromatic rings. The molecule has 4 nitrogen and oxygen atoms in total. The van der Waals surface area contributed by atoms with E-state index in [1.807, 2.05) is 17.9 Å². The second-order valence-electron chi connectivity index (χ2n) is 7.48. The van der Waals surface area contributed by atoms with E-state index < -0.39 is 0 Å². The molecule has 2 aromatic heterocycles. The van der Waals surface area contributed by atoms with Crippen molar-refractivity contribution in [2.24, 2.45) is 7.05 Å². The minimum absolute atomic E-state index is 0.229. The Labute approximate surface area is 169 Å². The monoisotopic (exact) mass is 388 g/mol. The van der Waals surface area contributed by atoms with Crippen molar-refractivity contribution >= 4 is 22.7 Å². The zero-order valence-corrected chi connectivity index (χ0v) is 17.0. The average molecular weight is 389 g/mol. The third kappa shape index (κ3) is 3.05. The van der Waals surface area contributed by atoms with Crippen molar-refractivity contribution in [2.75, 3.05) is 12.8 Å². The molecular formula is C23H24N4S. The zero-order valence-electron chi connectivity index (χ0n) is 16.2. The molecule has 0 spiro atoms. The quantitative estimate of drug-likeness (QED) is 0.512. The minimum Gasteiger partial charge on any atom is -0.357 e. The standard InChI is InChI=1S/C23H24N4S/c1-26-14-16(13-24-26)15-27-12-11-20-19-5-3-4-6-21(19)25-22(20)23(27)17-7-9-18(28-2)10-8-17/h3-10,13-14,23,25H,11-12,15H2,1-2H3/t23-/m1/s1. The summed E-state index contributed by atoms with van der Waals surface area (Å²) in [6.07, 6.45) is 7.29. The van der Waals surface area contributed by atoms with Crippen LogP contribution >= 0.6 is 11.8 Å². The summed E-state index contributed by atoms with van der Waals surface area (Å²) in [4.78, 5) is 7.62. The van der Waals surface area contributed by atoms with E-state index in [0.29, 0.717) is 0 Å². The molecule has 0 amide bonds. The molecule has 0 bridgehead atoms. The summed E-state index contributed by atoms with van der Waals surface area (Å²) < 4.78 is 1.88. The lowest BCUT2D eigenvalue weighted by molar-refractivity contribution is 0.202. The Bertz CT molecular complexity index is 1110. The van der Waals surface area contributed by atoms with Crippen molar-refractivity contribution in [1.29, 1.82) is 0 Å². The van der Waals surface area contributed by atoms with Crippen molar-refractivity contribution in [3.63, 3.8) is 0 Å². The number of hydrogen-bond donors (Lipinski definition) is 1. The van der Waals surface area contributed by atoms with Crippen LogP contribution in [0, 0.1) is 0 Å². The topological polar surface area (TPSA) is 36.9 Å². The van der Waals surface area contributed by atoms with Crippen LogP contribution in [-0.4, -0.2) is 32.5 Å². The van der Waals surface area contributed by atoms with Crippen molar-refractivity contribution < 1.29 is 0 Å². The van der Waals surface area contributed by atoms with E-state index in [0.717, 1.165) is 19.5 Å². The van der Waals surface area contributed by atoms with Crippen LogP contribution < -0.4 is 0 Å². The Kier molecular flexibility index (Phi) is 4.49. The second kappa shape index (κ2) is 7.15. The van der Waals surface area contributed by atoms with E-state index in [4.69, 9.17) is 0 Å². The first-order valence-corrected chi connectivity index (χ1v) is 10.9. The first kappa shape index (κ1) is 17.6. The highest BCUT2D eigenvalue weighted by atomic mass is 32.2. The number of nitrogens with zero attached hydrogens (tertiary/aromatic N) is 3. The highest BCUT2D eigenvalue weighted by Crippen LogP contribution is 2.39. The number of thioether (sulfide) groups is 1. The van der Waals surface area contributed by atoms with Crippen LogP contribution in [0.25, 0.3) is 10.9 Å². The SMILES string of the molecule is CSc1ccc([C@@H]2c3[nH]c4ccccc4c3CCN2Cc2cnn(C)c2)cc1. The molecule has 5 rings (SSSR count). The van der Waals surface area contributed by atoms with Gasteiger partial charge in [0.15, 0.2) is 0 Å². The van der Waals surface area contributed by atoms with E-state index in [-0.39, 0.29) is 6.04 Å². The predicted molar refractivity (Wildman–Crippen MR) is 116 cm³/mol. The summed E-state index contributed by atoms with van der Waals surface area (Å²) in [7, 11) is 1.98. The van der Waals surface area contributed by atoms with Gasteiger partial charge in [0.25, 0.3) is 0 Å². The average Bonchev–Trinajstić information content (AvgIpc) is 3.31. The summed E-state index contributed by atoms with van der Waals surface area (Å²) in [5, 5.41) is 5.73. The maximum Gasteiger partial charge on any atom is 0.0760 e. The number of aryl methyl sites for hydroxylation is 1. The van der Waals surface area contributed by atoms with Gasteiger partial charge in [-0.05, 0) is 42.0 Å². The molecule has 1 aliphatic rings. The number of rotatable bonds is 4. The lowest BCUT2D eigenvalue weighted by Gasteiger charge is -2.36. The number of nitrogens with one attached hydrogen (secondary N) is 1. The normalized spacial score (nSPS) is 17.1. The summed E-state index contributed by atoms with van der Waals surface area (Å²) in [6.45, 7) is 1.94. The van der Waals surface area contributed by atoms with Crippen LogP contribution in [0.5, 0.6) is 0 Å². The van der Waals surface area contributed by atoms with Gasteiger partial charge in [-0.15, -0.1) is 11.8 Å². The highest BCUT2D eigenvalue weighted by molar-refractivity contribution is 7.98. The largest absolute Gasteiger partial charge is 0.357 e. The molecule has 0 radical (unpaired) electrons. The Hall–Kier alpha value is -2.50. The van der Waals surface area contributed by atoms with E-state index >= 15 is 0 Å². The van der Waals surface area contributed by atoms with Gasteiger partial charge in [-0.3, -0.25) is 9.58 Å². The fourth-order valence-corrected chi connectivity index (χ4v) is 4.82. The predicted octanol–water partition coefficient (Wildman–Crippen LogP) is 4.77. The summed E-state index contributed by atoms with van der Waals surface area (Å²) in [5.74, 6) is 0. The fourth-order valence-electron chi connectivity index (χ4n) is 4.41. The molecule has 1 atom stereocenters. The molecule has 5 heteroatoms. The van der Waals surface area contributed by atoms with Gasteiger partial charge in [-0.25, -0.2) is 0 Å². The molecular weight excluding hydrogens is 364 g/mol. The lowest BCUT2D eigenvalue weighted by atomic mass is 9.92. The first-order valence-electron chi connectivity index (χ1n) is 9.68. The van der Waals surface area contributed by atoms with Crippen LogP contribution in [0.1, 0.15) is 28.4 Å². The third-order valence-electron chi connectivity index (χ3n) is 5.71. The first-order chi connectivity index (χ1) is 13.7. The summed E-state index contributed by atoms with van der Waals surface area (Å²) >= 11 is 1.79. The molecule has 2 aromatic carbocycles. The van der Waals surface area contributed by atoms with Crippen molar-refractivity contribution in [3.8, 4) is 0 Å². The molecule has 3 heterocycles. The van der Waals surface area contributed by atoms with Gasteiger partial charge in [0, 0.05) is 53.4 Å². The van der Waals surface area contributed by atoms with Crippen LogP contribution in [0.4, 0.5) is 0 Å². The summed E-state index contributed by atoms with van der Waals surface area (Å²) in [5.41, 5.74) is 6.65. The van der Waals surface area contributed by atoms with Crippen molar-refractivity contribution in [2.45, 2.75) is 23.9 Å². The molecule has 0 saturated heterocycles. The Balaban J connectivity index is 1.60. The van der Waals surface area contributed by atoms with E-state index in [1.54, 1.807) is 11.8 Å². The molecule has 1 N–H and O–H groups in total. The maximum absolute atomic E-state index is 4.36. The van der Waals surface area contributed by atoms with Crippen LogP contribution in [-0.2, 0) is 20.0 Å². The van der Waals surface area contributed by atoms with Crippen LogP contribution in [0.15, 0.2) is 65.8 Å². The Morgan fingerprint density at radius 3 is 2.71 bits per heavy atom. The van der Waals surface area contributed by atoms with Crippen LogP contribution in [0.3, 0.4) is 0 Å². The number of hydrogen-bond acceptors (Lipinski definition) is 3. The molecule has 1 aliphatic heterocycles. The van der Waals surface area contributed by atoms with Gasteiger partial charge in [0.05, 0.1) is 12.2 Å². The zero-order chi connectivity index (χ0) is 19.1. The Morgan fingerprint density at radius 1 is 1.14 bits per heavy atom. The number of benzene rings is 2. The number of aromatic amines is 1. The van der Waals surface area contributed by atoms with E-state index in [9.17, 15) is 0 Å². The van der Waals surface area contributed by atoms with Gasteiger partial charge in [0.2, 0.25) is 0 Å². The van der Waals surface area contributed by atoms with Gasteiger partial charge < -0.3 is 4.98 Å². The molecule has 142 valence electrons. The number of H-pyrrole nitrogens is 1. The van der Waals surface area contributed by atoms with E-state index in [1.165, 1.54) is 38.2 Å². The third-order valence-corrected chi connectivity index (χ3v) is 6.45. The maximum atomic E-state index is 4.36. The van der Waals surface area contributed by atoms with Crippen molar-refractivity contribution in [1.82, 2.24) is 19.7 Å². The molecule has 0 aliphatic carbocycles. The molecule has 28 heavy (non-hydrogen) atoms. The Morgan fingerprint density at radius 2 is 1.96 bits per heavy atom. The number of para-hydroxylation sites is 1. The number of aromatic nitrogens is 3. The minimum atomic E-state index is 0.229. The molecule has 0 unspecified atom stereocenters.